The van der Waals surface area contributed by atoms with Crippen LogP contribution in [0.5, 0.6) is 0 Å². The fourth-order valence-electron chi connectivity index (χ4n) is 2.96. The molecule has 2 aromatic carbocycles. The number of para-hydroxylation sites is 1. The van der Waals surface area contributed by atoms with Crippen LogP contribution in [-0.4, -0.2) is 10.4 Å². The predicted octanol–water partition coefficient (Wildman–Crippen LogP) is 5.67. The van der Waals surface area contributed by atoms with Gasteiger partial charge < -0.3 is 4.57 Å². The molecule has 0 aliphatic carbocycles. The van der Waals surface area contributed by atoms with Gasteiger partial charge in [0.25, 0.3) is 0 Å². The van der Waals surface area contributed by atoms with Crippen LogP contribution in [0.3, 0.4) is 0 Å². The SMILES string of the molecule is CC(=O)c1c(-c2ccc(C(F)(F)F)cc2)cn(-c2ccccc2)c1C. The minimum absolute atomic E-state index is 0.123. The Morgan fingerprint density at radius 3 is 2.08 bits per heavy atom. The van der Waals surface area contributed by atoms with E-state index in [1.807, 2.05) is 41.8 Å². The van der Waals surface area contributed by atoms with Gasteiger partial charge in [-0.1, -0.05) is 30.3 Å². The van der Waals surface area contributed by atoms with E-state index in [4.69, 9.17) is 0 Å². The Morgan fingerprint density at radius 1 is 0.960 bits per heavy atom. The van der Waals surface area contributed by atoms with Gasteiger partial charge in [0.1, 0.15) is 0 Å². The molecular formula is C20H16F3NO. The molecule has 0 aliphatic heterocycles. The van der Waals surface area contributed by atoms with Crippen LogP contribution in [0.1, 0.15) is 28.5 Å². The molecule has 0 N–H and O–H groups in total. The van der Waals surface area contributed by atoms with E-state index in [-0.39, 0.29) is 5.78 Å². The second kappa shape index (κ2) is 6.24. The molecule has 1 aromatic heterocycles. The van der Waals surface area contributed by atoms with Gasteiger partial charge in [0.05, 0.1) is 5.56 Å². The number of benzene rings is 2. The van der Waals surface area contributed by atoms with Crippen molar-refractivity contribution in [1.82, 2.24) is 4.57 Å². The lowest BCUT2D eigenvalue weighted by molar-refractivity contribution is -0.137. The Balaban J connectivity index is 2.14. The second-order valence-corrected chi connectivity index (χ2v) is 5.84. The minimum Gasteiger partial charge on any atom is -0.320 e. The molecule has 3 aromatic rings. The summed E-state index contributed by atoms with van der Waals surface area (Å²) in [6.07, 6.45) is -2.59. The largest absolute Gasteiger partial charge is 0.416 e. The zero-order valence-corrected chi connectivity index (χ0v) is 13.8. The molecular weight excluding hydrogens is 327 g/mol. The lowest BCUT2D eigenvalue weighted by Crippen LogP contribution is -2.04. The lowest BCUT2D eigenvalue weighted by Gasteiger charge is -2.08. The van der Waals surface area contributed by atoms with Crippen LogP contribution in [-0.2, 0) is 6.18 Å². The van der Waals surface area contributed by atoms with Gasteiger partial charge in [-0.15, -0.1) is 0 Å². The smallest absolute Gasteiger partial charge is 0.320 e. The molecule has 0 bridgehead atoms. The van der Waals surface area contributed by atoms with Crippen LogP contribution in [0.2, 0.25) is 0 Å². The number of hydrogen-bond donors (Lipinski definition) is 0. The van der Waals surface area contributed by atoms with Gasteiger partial charge in [0, 0.05) is 28.7 Å². The maximum absolute atomic E-state index is 12.8. The molecule has 0 aliphatic rings. The van der Waals surface area contributed by atoms with Crippen molar-refractivity contribution >= 4 is 5.78 Å². The number of halogens is 3. The van der Waals surface area contributed by atoms with E-state index < -0.39 is 11.7 Å². The summed E-state index contributed by atoms with van der Waals surface area (Å²) in [5.74, 6) is -0.123. The molecule has 5 heteroatoms. The van der Waals surface area contributed by atoms with Crippen LogP contribution < -0.4 is 0 Å². The average Bonchev–Trinajstić information content (AvgIpc) is 2.92. The van der Waals surface area contributed by atoms with Gasteiger partial charge in [-0.2, -0.15) is 13.2 Å². The summed E-state index contributed by atoms with van der Waals surface area (Å²) in [6.45, 7) is 3.29. The standard InChI is InChI=1S/C20H16F3NO/c1-13-19(14(2)25)18(12-24(13)17-6-4-3-5-7-17)15-8-10-16(11-9-15)20(21,22)23/h3-12H,1-2H3. The van der Waals surface area contributed by atoms with Gasteiger partial charge in [0.2, 0.25) is 0 Å². The number of hydrogen-bond acceptors (Lipinski definition) is 1. The molecule has 0 fully saturated rings. The highest BCUT2D eigenvalue weighted by molar-refractivity contribution is 6.02. The first-order valence-corrected chi connectivity index (χ1v) is 7.75. The van der Waals surface area contributed by atoms with Crippen molar-refractivity contribution < 1.29 is 18.0 Å². The van der Waals surface area contributed by atoms with E-state index >= 15 is 0 Å². The number of ketones is 1. The fourth-order valence-corrected chi connectivity index (χ4v) is 2.96. The summed E-state index contributed by atoms with van der Waals surface area (Å²) < 4.78 is 40.2. The highest BCUT2D eigenvalue weighted by atomic mass is 19.4. The molecule has 2 nitrogen and oxygen atoms in total. The van der Waals surface area contributed by atoms with E-state index in [1.165, 1.54) is 19.1 Å². The third kappa shape index (κ3) is 3.22. The lowest BCUT2D eigenvalue weighted by atomic mass is 9.99. The number of carbonyl (C=O) groups excluding carboxylic acids is 1. The molecule has 0 spiro atoms. The summed E-state index contributed by atoms with van der Waals surface area (Å²) in [7, 11) is 0. The predicted molar refractivity (Wildman–Crippen MR) is 90.9 cm³/mol. The van der Waals surface area contributed by atoms with E-state index in [0.29, 0.717) is 16.7 Å². The van der Waals surface area contributed by atoms with Crippen LogP contribution >= 0.6 is 0 Å². The van der Waals surface area contributed by atoms with Crippen molar-refractivity contribution in [3.63, 3.8) is 0 Å². The van der Waals surface area contributed by atoms with Gasteiger partial charge in [0.15, 0.2) is 5.78 Å². The summed E-state index contributed by atoms with van der Waals surface area (Å²) in [6, 6.07) is 14.4. The number of carbonyl (C=O) groups is 1. The zero-order valence-electron chi connectivity index (χ0n) is 13.8. The highest BCUT2D eigenvalue weighted by Gasteiger charge is 2.30. The van der Waals surface area contributed by atoms with E-state index in [0.717, 1.165) is 23.5 Å². The van der Waals surface area contributed by atoms with E-state index in [1.54, 1.807) is 6.20 Å². The summed E-state index contributed by atoms with van der Waals surface area (Å²) >= 11 is 0. The Morgan fingerprint density at radius 2 is 1.56 bits per heavy atom. The van der Waals surface area contributed by atoms with Crippen molar-refractivity contribution in [2.24, 2.45) is 0 Å². The van der Waals surface area contributed by atoms with Crippen molar-refractivity contribution in [2.75, 3.05) is 0 Å². The zero-order chi connectivity index (χ0) is 18.2. The summed E-state index contributed by atoms with van der Waals surface area (Å²) in [5, 5.41) is 0. The quantitative estimate of drug-likeness (QED) is 0.561. The van der Waals surface area contributed by atoms with Crippen LogP contribution in [0.25, 0.3) is 16.8 Å². The first-order chi connectivity index (χ1) is 11.8. The second-order valence-electron chi connectivity index (χ2n) is 5.84. The molecule has 0 radical (unpaired) electrons. The number of rotatable bonds is 3. The molecule has 25 heavy (non-hydrogen) atoms. The Labute approximate surface area is 143 Å². The van der Waals surface area contributed by atoms with E-state index in [2.05, 4.69) is 0 Å². The number of Topliss-reactive ketones (excluding diaryl/α,β-unsaturated/α-hetero) is 1. The number of alkyl halides is 3. The van der Waals surface area contributed by atoms with Crippen molar-refractivity contribution in [3.8, 4) is 16.8 Å². The average molecular weight is 343 g/mol. The topological polar surface area (TPSA) is 22.0 Å². The third-order valence-electron chi connectivity index (χ3n) is 4.16. The van der Waals surface area contributed by atoms with Crippen LogP contribution in [0, 0.1) is 6.92 Å². The molecule has 1 heterocycles. The maximum atomic E-state index is 12.8. The van der Waals surface area contributed by atoms with Gasteiger partial charge in [-0.3, -0.25) is 4.79 Å². The molecule has 0 unspecified atom stereocenters. The highest BCUT2D eigenvalue weighted by Crippen LogP contribution is 2.34. The molecule has 3 rings (SSSR count). The third-order valence-corrected chi connectivity index (χ3v) is 4.16. The summed E-state index contributed by atoms with van der Waals surface area (Å²) in [5.41, 5.74) is 2.66. The van der Waals surface area contributed by atoms with Gasteiger partial charge >= 0.3 is 6.18 Å². The first-order valence-electron chi connectivity index (χ1n) is 7.75. The van der Waals surface area contributed by atoms with Crippen LogP contribution in [0.4, 0.5) is 13.2 Å². The maximum Gasteiger partial charge on any atom is 0.416 e. The normalized spacial score (nSPS) is 11.6. The van der Waals surface area contributed by atoms with Crippen molar-refractivity contribution in [2.45, 2.75) is 20.0 Å². The Kier molecular flexibility index (Phi) is 4.25. The first kappa shape index (κ1) is 17.0. The fraction of sp³-hybridized carbons (Fsp3) is 0.150. The Bertz CT molecular complexity index is 907. The van der Waals surface area contributed by atoms with Crippen molar-refractivity contribution in [1.29, 1.82) is 0 Å². The number of nitrogens with zero attached hydrogens (tertiary/aromatic N) is 1. The van der Waals surface area contributed by atoms with Gasteiger partial charge in [-0.05, 0) is 43.7 Å². The van der Waals surface area contributed by atoms with E-state index in [9.17, 15) is 18.0 Å². The van der Waals surface area contributed by atoms with Gasteiger partial charge in [-0.25, -0.2) is 0 Å². The molecule has 0 amide bonds. The van der Waals surface area contributed by atoms with Crippen molar-refractivity contribution in [3.05, 3.63) is 77.6 Å². The van der Waals surface area contributed by atoms with Crippen LogP contribution in [0.15, 0.2) is 60.8 Å². The summed E-state index contributed by atoms with van der Waals surface area (Å²) in [4.78, 5) is 12.1. The molecule has 0 saturated carbocycles. The monoisotopic (exact) mass is 343 g/mol. The molecule has 0 atom stereocenters. The molecule has 128 valence electrons. The number of aromatic nitrogens is 1. The Hall–Kier alpha value is -2.82. The minimum atomic E-state index is -4.38. The molecule has 0 saturated heterocycles.